The first kappa shape index (κ1) is 32.3. The minimum Gasteiger partial charge on any atom is -0.494 e. The molecule has 3 aromatic carbocycles. The Kier molecular flexibility index (Phi) is 11.1. The number of fused-ring (bicyclic) bond motifs is 1. The van der Waals surface area contributed by atoms with Crippen LogP contribution in [-0.2, 0) is 10.0 Å². The van der Waals surface area contributed by atoms with Gasteiger partial charge in [0.15, 0.2) is 5.13 Å². The largest absolute Gasteiger partial charge is 0.494 e. The number of carbonyl (C=O) groups excluding carboxylic acids is 1. The lowest BCUT2D eigenvalue weighted by molar-refractivity contribution is 0.0983. The highest BCUT2D eigenvalue weighted by molar-refractivity contribution is 7.92. The quantitative estimate of drug-likeness (QED) is 0.187. The van der Waals surface area contributed by atoms with Gasteiger partial charge in [0.05, 0.1) is 22.4 Å². The van der Waals surface area contributed by atoms with Crippen LogP contribution in [0.3, 0.4) is 0 Å². The number of hydrogen-bond acceptors (Lipinski definition) is 7. The molecule has 4 aromatic rings. The number of sulfonamides is 1. The number of para-hydroxylation sites is 1. The van der Waals surface area contributed by atoms with E-state index in [1.807, 2.05) is 25.1 Å². The van der Waals surface area contributed by atoms with E-state index in [0.29, 0.717) is 35.2 Å². The second-order valence-electron chi connectivity index (χ2n) is 9.27. The van der Waals surface area contributed by atoms with Crippen molar-refractivity contribution in [2.75, 3.05) is 49.0 Å². The molecule has 0 aliphatic carbocycles. The predicted molar refractivity (Wildman–Crippen MR) is 171 cm³/mol. The number of likely N-dealkylation sites (N-methyl/N-ethyl adjacent to an activating group) is 1. The number of amides is 1. The Hall–Kier alpha value is -3.18. The number of ether oxygens (including phenoxy) is 1. The van der Waals surface area contributed by atoms with Gasteiger partial charge in [0.1, 0.15) is 11.3 Å². The summed E-state index contributed by atoms with van der Waals surface area (Å²) in [6, 6.07) is 19.0. The standard InChI is InChI=1S/C30H36N4O4S2.ClH/c1-6-32(7-2)20-21-33(30-31-27-26(38-5)19-14-22(4)28(27)39-30)29(35)23-15-17-25(18-16-23)40(36,37)34(8-3)24-12-10-9-11-13-24;/h9-19H,6-8,20-21H2,1-5H3;1H. The predicted octanol–water partition coefficient (Wildman–Crippen LogP) is 6.24. The number of rotatable bonds is 12. The molecule has 41 heavy (non-hydrogen) atoms. The van der Waals surface area contributed by atoms with Gasteiger partial charge in [-0.15, -0.1) is 12.4 Å². The van der Waals surface area contributed by atoms with Crippen LogP contribution in [0.2, 0.25) is 0 Å². The maximum absolute atomic E-state index is 13.9. The van der Waals surface area contributed by atoms with E-state index in [2.05, 4.69) is 18.7 Å². The molecular formula is C30H37ClN4O4S2. The van der Waals surface area contributed by atoms with Crippen LogP contribution in [0.15, 0.2) is 71.6 Å². The third-order valence-corrected chi connectivity index (χ3v) is 10.1. The zero-order valence-electron chi connectivity index (χ0n) is 24.0. The Labute approximate surface area is 253 Å². The molecule has 0 atom stereocenters. The molecule has 0 N–H and O–H groups in total. The van der Waals surface area contributed by atoms with Crippen molar-refractivity contribution in [2.24, 2.45) is 0 Å². The Bertz CT molecular complexity index is 1560. The Morgan fingerprint density at radius 1 is 0.902 bits per heavy atom. The molecule has 0 bridgehead atoms. The fourth-order valence-corrected chi connectivity index (χ4v) is 7.13. The van der Waals surface area contributed by atoms with Gasteiger partial charge >= 0.3 is 0 Å². The molecule has 0 saturated carbocycles. The van der Waals surface area contributed by atoms with Crippen molar-refractivity contribution in [3.05, 3.63) is 77.9 Å². The summed E-state index contributed by atoms with van der Waals surface area (Å²) >= 11 is 1.46. The van der Waals surface area contributed by atoms with Crippen LogP contribution in [-0.4, -0.2) is 64.0 Å². The van der Waals surface area contributed by atoms with Gasteiger partial charge in [-0.1, -0.05) is 49.4 Å². The van der Waals surface area contributed by atoms with Crippen LogP contribution in [0, 0.1) is 6.92 Å². The number of hydrogen-bond donors (Lipinski definition) is 0. The first-order valence-electron chi connectivity index (χ1n) is 13.4. The summed E-state index contributed by atoms with van der Waals surface area (Å²) in [6.45, 7) is 11.1. The highest BCUT2D eigenvalue weighted by Gasteiger charge is 2.26. The zero-order chi connectivity index (χ0) is 28.9. The summed E-state index contributed by atoms with van der Waals surface area (Å²) in [5.74, 6) is 0.426. The Morgan fingerprint density at radius 2 is 1.56 bits per heavy atom. The molecule has 220 valence electrons. The van der Waals surface area contributed by atoms with Crippen molar-refractivity contribution in [3.8, 4) is 5.75 Å². The van der Waals surface area contributed by atoms with Crippen LogP contribution in [0.4, 0.5) is 10.8 Å². The van der Waals surface area contributed by atoms with Crippen LogP contribution in [0.25, 0.3) is 10.2 Å². The third-order valence-electron chi connectivity index (χ3n) is 6.94. The molecule has 0 fully saturated rings. The second-order valence-corrected chi connectivity index (χ2v) is 12.1. The maximum Gasteiger partial charge on any atom is 0.264 e. The number of thiazole rings is 1. The monoisotopic (exact) mass is 616 g/mol. The number of carbonyl (C=O) groups is 1. The average molecular weight is 617 g/mol. The topological polar surface area (TPSA) is 83.1 Å². The molecule has 0 aliphatic rings. The van der Waals surface area contributed by atoms with E-state index in [4.69, 9.17) is 9.72 Å². The summed E-state index contributed by atoms with van der Waals surface area (Å²) in [6.07, 6.45) is 0. The van der Waals surface area contributed by atoms with Gasteiger partial charge in [0.2, 0.25) is 0 Å². The van der Waals surface area contributed by atoms with Gasteiger partial charge < -0.3 is 9.64 Å². The summed E-state index contributed by atoms with van der Waals surface area (Å²) < 4.78 is 34.7. The number of methoxy groups -OCH3 is 1. The summed E-state index contributed by atoms with van der Waals surface area (Å²) in [5, 5.41) is 0.581. The average Bonchev–Trinajstić information content (AvgIpc) is 3.42. The van der Waals surface area contributed by atoms with Gasteiger partial charge in [-0.25, -0.2) is 13.4 Å². The van der Waals surface area contributed by atoms with Crippen molar-refractivity contribution in [1.29, 1.82) is 0 Å². The van der Waals surface area contributed by atoms with Crippen LogP contribution < -0.4 is 13.9 Å². The minimum absolute atomic E-state index is 0. The number of halogens is 1. The first-order valence-corrected chi connectivity index (χ1v) is 15.7. The van der Waals surface area contributed by atoms with Crippen molar-refractivity contribution in [1.82, 2.24) is 9.88 Å². The van der Waals surface area contributed by atoms with E-state index in [9.17, 15) is 13.2 Å². The summed E-state index contributed by atoms with van der Waals surface area (Å²) in [4.78, 5) is 22.8. The van der Waals surface area contributed by atoms with Gasteiger partial charge in [0.25, 0.3) is 15.9 Å². The maximum atomic E-state index is 13.9. The van der Waals surface area contributed by atoms with E-state index >= 15 is 0 Å². The van der Waals surface area contributed by atoms with Gasteiger partial charge in [-0.3, -0.25) is 14.0 Å². The second kappa shape index (κ2) is 14.1. The van der Waals surface area contributed by atoms with Crippen molar-refractivity contribution in [3.63, 3.8) is 0 Å². The Morgan fingerprint density at radius 3 is 2.15 bits per heavy atom. The number of benzene rings is 3. The molecule has 4 rings (SSSR count). The lowest BCUT2D eigenvalue weighted by Gasteiger charge is -2.25. The number of aryl methyl sites for hydroxylation is 1. The zero-order valence-corrected chi connectivity index (χ0v) is 26.5. The minimum atomic E-state index is -3.80. The van der Waals surface area contributed by atoms with E-state index in [0.717, 1.165) is 28.9 Å². The highest BCUT2D eigenvalue weighted by Crippen LogP contribution is 2.37. The fourth-order valence-electron chi connectivity index (χ4n) is 4.58. The third kappa shape index (κ3) is 6.83. The molecule has 8 nitrogen and oxygen atoms in total. The van der Waals surface area contributed by atoms with Crippen LogP contribution in [0.1, 0.15) is 36.7 Å². The molecule has 0 aliphatic heterocycles. The highest BCUT2D eigenvalue weighted by atomic mass is 35.5. The van der Waals surface area contributed by atoms with E-state index in [1.54, 1.807) is 55.3 Å². The molecule has 0 saturated heterocycles. The molecule has 0 radical (unpaired) electrons. The Balaban J connectivity index is 0.00000462. The summed E-state index contributed by atoms with van der Waals surface area (Å²) in [5.41, 5.74) is 2.77. The van der Waals surface area contributed by atoms with E-state index in [-0.39, 0.29) is 29.8 Å². The van der Waals surface area contributed by atoms with Crippen LogP contribution >= 0.6 is 23.7 Å². The van der Waals surface area contributed by atoms with E-state index in [1.165, 1.54) is 27.8 Å². The van der Waals surface area contributed by atoms with E-state index < -0.39 is 10.0 Å². The SMILES string of the molecule is CCN(CC)CCN(C(=O)c1ccc(S(=O)(=O)N(CC)c2ccccc2)cc1)c1nc2c(OC)ccc(C)c2s1.Cl. The van der Waals surface area contributed by atoms with Crippen molar-refractivity contribution < 1.29 is 17.9 Å². The molecule has 1 amide bonds. The van der Waals surface area contributed by atoms with Crippen LogP contribution in [0.5, 0.6) is 5.75 Å². The lowest BCUT2D eigenvalue weighted by Crippen LogP contribution is -2.39. The van der Waals surface area contributed by atoms with Crippen molar-refractivity contribution in [2.45, 2.75) is 32.6 Å². The molecule has 0 unspecified atom stereocenters. The smallest absolute Gasteiger partial charge is 0.264 e. The van der Waals surface area contributed by atoms with Gasteiger partial charge in [-0.05, 0) is 75.0 Å². The molecule has 1 aromatic heterocycles. The number of nitrogens with zero attached hydrogens (tertiary/aromatic N) is 4. The molecule has 1 heterocycles. The van der Waals surface area contributed by atoms with Gasteiger partial charge in [0, 0.05) is 25.2 Å². The molecule has 11 heteroatoms. The summed E-state index contributed by atoms with van der Waals surface area (Å²) in [7, 11) is -2.19. The number of aromatic nitrogens is 1. The first-order chi connectivity index (χ1) is 19.2. The van der Waals surface area contributed by atoms with Gasteiger partial charge in [-0.2, -0.15) is 0 Å². The number of anilines is 2. The fraction of sp³-hybridized carbons (Fsp3) is 0.333. The molecular weight excluding hydrogens is 580 g/mol. The lowest BCUT2D eigenvalue weighted by atomic mass is 10.2. The normalized spacial score (nSPS) is 11.4. The van der Waals surface area contributed by atoms with Crippen molar-refractivity contribution >= 4 is 60.7 Å². The molecule has 0 spiro atoms.